The van der Waals surface area contributed by atoms with E-state index in [1.807, 2.05) is 12.1 Å². The summed E-state index contributed by atoms with van der Waals surface area (Å²) >= 11 is 0. The molecule has 0 radical (unpaired) electrons. The Bertz CT molecular complexity index is 523. The van der Waals surface area contributed by atoms with Gasteiger partial charge in [0.1, 0.15) is 5.75 Å². The van der Waals surface area contributed by atoms with E-state index >= 15 is 0 Å². The summed E-state index contributed by atoms with van der Waals surface area (Å²) in [5, 5.41) is 0. The topological polar surface area (TPSA) is 43.4 Å². The van der Waals surface area contributed by atoms with Gasteiger partial charge in [-0.2, -0.15) is 0 Å². The maximum Gasteiger partial charge on any atom is 0.236 e. The lowest BCUT2D eigenvalue weighted by atomic mass is 9.90. The second-order valence-corrected chi connectivity index (χ2v) is 7.10. The molecule has 1 aliphatic rings. The zero-order valence-corrected chi connectivity index (χ0v) is 11.3. The predicted molar refractivity (Wildman–Crippen MR) is 68.1 cm³/mol. The molecule has 0 spiro atoms. The minimum absolute atomic E-state index is 0.176. The molecule has 0 aromatic heterocycles. The van der Waals surface area contributed by atoms with Crippen LogP contribution in [0.2, 0.25) is 0 Å². The van der Waals surface area contributed by atoms with Crippen LogP contribution in [-0.4, -0.2) is 15.5 Å². The van der Waals surface area contributed by atoms with Crippen LogP contribution >= 0.6 is 10.7 Å². The summed E-state index contributed by atoms with van der Waals surface area (Å²) in [6, 6.07) is 3.87. The van der Waals surface area contributed by atoms with E-state index in [1.54, 1.807) is 7.11 Å². The molecule has 0 fully saturated rings. The van der Waals surface area contributed by atoms with Crippen LogP contribution in [-0.2, 0) is 27.6 Å². The fourth-order valence-corrected chi connectivity index (χ4v) is 3.25. The van der Waals surface area contributed by atoms with Crippen LogP contribution in [0.3, 0.4) is 0 Å². The molecule has 1 aromatic carbocycles. The summed E-state index contributed by atoms with van der Waals surface area (Å²) in [5.41, 5.74) is 3.15. The van der Waals surface area contributed by atoms with E-state index in [-0.39, 0.29) is 5.75 Å². The van der Waals surface area contributed by atoms with Gasteiger partial charge in [0.2, 0.25) is 9.05 Å². The second kappa shape index (κ2) is 4.86. The van der Waals surface area contributed by atoms with Crippen LogP contribution in [0.4, 0.5) is 0 Å². The number of benzene rings is 1. The quantitative estimate of drug-likeness (QED) is 0.796. The molecule has 0 saturated carbocycles. The maximum absolute atomic E-state index is 11.1. The summed E-state index contributed by atoms with van der Waals surface area (Å²) in [5.74, 6) is 0.445. The summed E-state index contributed by atoms with van der Waals surface area (Å²) in [4.78, 5) is 0. The van der Waals surface area contributed by atoms with Gasteiger partial charge in [0, 0.05) is 16.2 Å². The van der Waals surface area contributed by atoms with Crippen molar-refractivity contribution in [3.8, 4) is 5.75 Å². The van der Waals surface area contributed by atoms with Crippen LogP contribution < -0.4 is 4.74 Å². The van der Waals surface area contributed by atoms with Gasteiger partial charge in [-0.15, -0.1) is 0 Å². The van der Waals surface area contributed by atoms with Crippen LogP contribution in [0.15, 0.2) is 12.1 Å². The van der Waals surface area contributed by atoms with Gasteiger partial charge in [0.25, 0.3) is 0 Å². The third kappa shape index (κ3) is 3.13. The van der Waals surface area contributed by atoms with E-state index < -0.39 is 9.05 Å². The molecule has 17 heavy (non-hydrogen) atoms. The molecule has 0 bridgehead atoms. The van der Waals surface area contributed by atoms with Crippen molar-refractivity contribution in [2.45, 2.75) is 31.4 Å². The summed E-state index contributed by atoms with van der Waals surface area (Å²) in [7, 11) is 3.30. The van der Waals surface area contributed by atoms with E-state index in [2.05, 4.69) is 0 Å². The lowest BCUT2D eigenvalue weighted by Gasteiger charge is -2.18. The molecule has 0 saturated heterocycles. The molecule has 0 atom stereocenters. The van der Waals surface area contributed by atoms with E-state index in [0.717, 1.165) is 19.3 Å². The van der Waals surface area contributed by atoms with Crippen LogP contribution in [0.25, 0.3) is 0 Å². The number of hydrogen-bond acceptors (Lipinski definition) is 3. The fourth-order valence-electron chi connectivity index (χ4n) is 2.30. The number of methoxy groups -OCH3 is 1. The van der Waals surface area contributed by atoms with Gasteiger partial charge in [-0.1, -0.05) is 6.07 Å². The molecular weight excluding hydrogens is 260 g/mol. The number of aryl methyl sites for hydroxylation is 2. The Morgan fingerprint density at radius 2 is 1.82 bits per heavy atom. The maximum atomic E-state index is 11.1. The number of ether oxygens (including phenoxy) is 1. The normalized spacial score (nSPS) is 15.4. The first-order chi connectivity index (χ1) is 7.99. The monoisotopic (exact) mass is 274 g/mol. The van der Waals surface area contributed by atoms with Crippen molar-refractivity contribution in [2.24, 2.45) is 0 Å². The molecule has 1 aromatic rings. The standard InChI is InChI=1S/C12H15ClO3S/c1-16-12-7-10-5-3-2-4-9(10)6-11(12)8-17(13,14)15/h6-7H,2-5,8H2,1H3. The smallest absolute Gasteiger partial charge is 0.236 e. The van der Waals surface area contributed by atoms with E-state index in [0.29, 0.717) is 11.3 Å². The molecule has 94 valence electrons. The fraction of sp³-hybridized carbons (Fsp3) is 0.500. The third-order valence-electron chi connectivity index (χ3n) is 3.07. The number of fused-ring (bicyclic) bond motifs is 1. The van der Waals surface area contributed by atoms with Gasteiger partial charge in [0.15, 0.2) is 0 Å². The Hall–Kier alpha value is -0.740. The average Bonchev–Trinajstić information content (AvgIpc) is 2.26. The molecule has 5 heteroatoms. The van der Waals surface area contributed by atoms with Gasteiger partial charge < -0.3 is 4.74 Å². The highest BCUT2D eigenvalue weighted by molar-refractivity contribution is 8.13. The van der Waals surface area contributed by atoms with E-state index in [4.69, 9.17) is 15.4 Å². The summed E-state index contributed by atoms with van der Waals surface area (Å²) in [6.45, 7) is 0. The Balaban J connectivity index is 2.43. The van der Waals surface area contributed by atoms with Crippen molar-refractivity contribution in [3.05, 3.63) is 28.8 Å². The molecule has 0 aliphatic heterocycles. The van der Waals surface area contributed by atoms with Crippen molar-refractivity contribution in [1.82, 2.24) is 0 Å². The molecule has 3 nitrogen and oxygen atoms in total. The number of halogens is 1. The molecule has 0 unspecified atom stereocenters. The first-order valence-corrected chi connectivity index (χ1v) is 8.08. The van der Waals surface area contributed by atoms with Crippen LogP contribution in [0.1, 0.15) is 29.5 Å². The minimum Gasteiger partial charge on any atom is -0.496 e. The van der Waals surface area contributed by atoms with Crippen molar-refractivity contribution in [2.75, 3.05) is 7.11 Å². The molecule has 2 rings (SSSR count). The van der Waals surface area contributed by atoms with Gasteiger partial charge >= 0.3 is 0 Å². The minimum atomic E-state index is -3.54. The predicted octanol–water partition coefficient (Wildman–Crippen LogP) is 2.64. The Morgan fingerprint density at radius 3 is 2.35 bits per heavy atom. The van der Waals surface area contributed by atoms with Gasteiger partial charge in [0.05, 0.1) is 12.9 Å². The number of hydrogen-bond donors (Lipinski definition) is 0. The van der Waals surface area contributed by atoms with Crippen LogP contribution in [0.5, 0.6) is 5.75 Å². The summed E-state index contributed by atoms with van der Waals surface area (Å²) in [6.07, 6.45) is 4.39. The molecule has 0 amide bonds. The van der Waals surface area contributed by atoms with Crippen molar-refractivity contribution in [3.63, 3.8) is 0 Å². The lowest BCUT2D eigenvalue weighted by molar-refractivity contribution is 0.409. The van der Waals surface area contributed by atoms with Crippen molar-refractivity contribution >= 4 is 19.7 Å². The first-order valence-electron chi connectivity index (χ1n) is 5.60. The van der Waals surface area contributed by atoms with Gasteiger partial charge in [-0.3, -0.25) is 0 Å². The number of rotatable bonds is 3. The first kappa shape index (κ1) is 12.7. The Labute approximate surface area is 106 Å². The molecular formula is C12H15ClO3S. The Kier molecular flexibility index (Phi) is 3.64. The highest BCUT2D eigenvalue weighted by atomic mass is 35.7. The van der Waals surface area contributed by atoms with E-state index in [9.17, 15) is 8.42 Å². The molecule has 0 heterocycles. The van der Waals surface area contributed by atoms with Gasteiger partial charge in [-0.05, 0) is 42.9 Å². The Morgan fingerprint density at radius 1 is 1.24 bits per heavy atom. The van der Waals surface area contributed by atoms with Crippen molar-refractivity contribution < 1.29 is 13.2 Å². The molecule has 1 aliphatic carbocycles. The molecule has 0 N–H and O–H groups in total. The SMILES string of the molecule is COc1cc2c(cc1CS(=O)(=O)Cl)CCCC2. The largest absolute Gasteiger partial charge is 0.496 e. The average molecular weight is 275 g/mol. The van der Waals surface area contributed by atoms with Gasteiger partial charge in [-0.25, -0.2) is 8.42 Å². The summed E-state index contributed by atoms with van der Waals surface area (Å²) < 4.78 is 27.5. The van der Waals surface area contributed by atoms with Crippen LogP contribution in [0, 0.1) is 0 Å². The highest BCUT2D eigenvalue weighted by Gasteiger charge is 2.17. The zero-order chi connectivity index (χ0) is 12.5. The van der Waals surface area contributed by atoms with E-state index in [1.165, 1.54) is 17.5 Å². The third-order valence-corrected chi connectivity index (χ3v) is 4.06. The highest BCUT2D eigenvalue weighted by Crippen LogP contribution is 2.30. The zero-order valence-electron chi connectivity index (χ0n) is 9.70. The van der Waals surface area contributed by atoms with Crippen molar-refractivity contribution in [1.29, 1.82) is 0 Å². The lowest BCUT2D eigenvalue weighted by Crippen LogP contribution is -2.06. The second-order valence-electron chi connectivity index (χ2n) is 4.32.